The standard InChI is InChI=1S/C23H28O7/c1-15(10-17-13-18(25-2)22(29-6)19(14-17)26-3)30-23-20(27-4)11-16(8-7-9-24)12-21(23)28-5/h7-9,11-15H,10H2,1-6H3. The van der Waals surface area contributed by atoms with Crippen LogP contribution >= 0.6 is 0 Å². The predicted molar refractivity (Wildman–Crippen MR) is 115 cm³/mol. The van der Waals surface area contributed by atoms with Gasteiger partial charge in [-0.05, 0) is 48.4 Å². The van der Waals surface area contributed by atoms with E-state index in [9.17, 15) is 4.79 Å². The molecule has 0 N–H and O–H groups in total. The maximum Gasteiger partial charge on any atom is 0.203 e. The van der Waals surface area contributed by atoms with Crippen LogP contribution < -0.4 is 28.4 Å². The smallest absolute Gasteiger partial charge is 0.203 e. The third-order valence-electron chi connectivity index (χ3n) is 4.42. The second-order valence-electron chi connectivity index (χ2n) is 6.42. The second kappa shape index (κ2) is 11.0. The largest absolute Gasteiger partial charge is 0.493 e. The molecule has 0 aliphatic carbocycles. The zero-order valence-electron chi connectivity index (χ0n) is 18.2. The van der Waals surface area contributed by atoms with E-state index in [4.69, 9.17) is 28.4 Å². The van der Waals surface area contributed by atoms with E-state index in [1.807, 2.05) is 19.1 Å². The quantitative estimate of drug-likeness (QED) is 0.406. The van der Waals surface area contributed by atoms with Gasteiger partial charge in [-0.2, -0.15) is 0 Å². The Bertz CT molecular complexity index is 839. The Hall–Kier alpha value is -3.35. The summed E-state index contributed by atoms with van der Waals surface area (Å²) in [4.78, 5) is 10.6. The van der Waals surface area contributed by atoms with E-state index in [0.29, 0.717) is 47.2 Å². The van der Waals surface area contributed by atoms with E-state index >= 15 is 0 Å². The van der Waals surface area contributed by atoms with Crippen molar-refractivity contribution in [3.8, 4) is 34.5 Å². The average molecular weight is 416 g/mol. The summed E-state index contributed by atoms with van der Waals surface area (Å²) in [5.41, 5.74) is 1.72. The van der Waals surface area contributed by atoms with Crippen molar-refractivity contribution in [3.63, 3.8) is 0 Å². The Kier molecular flexibility index (Phi) is 8.41. The van der Waals surface area contributed by atoms with Crippen LogP contribution in [0.1, 0.15) is 18.1 Å². The predicted octanol–water partition coefficient (Wildman–Crippen LogP) is 3.95. The van der Waals surface area contributed by atoms with Gasteiger partial charge in [0.15, 0.2) is 23.0 Å². The number of methoxy groups -OCH3 is 5. The number of benzene rings is 2. The lowest BCUT2D eigenvalue weighted by Gasteiger charge is -2.21. The first-order valence-electron chi connectivity index (χ1n) is 9.34. The first kappa shape index (κ1) is 22.9. The fourth-order valence-electron chi connectivity index (χ4n) is 3.09. The lowest BCUT2D eigenvalue weighted by atomic mass is 10.1. The molecule has 0 saturated carbocycles. The highest BCUT2D eigenvalue weighted by Crippen LogP contribution is 2.41. The van der Waals surface area contributed by atoms with Gasteiger partial charge in [0.1, 0.15) is 12.4 Å². The first-order valence-corrected chi connectivity index (χ1v) is 9.34. The van der Waals surface area contributed by atoms with Crippen molar-refractivity contribution in [1.82, 2.24) is 0 Å². The van der Waals surface area contributed by atoms with Crippen LogP contribution in [-0.2, 0) is 11.2 Å². The van der Waals surface area contributed by atoms with Crippen LogP contribution in [0.5, 0.6) is 34.5 Å². The molecule has 0 fully saturated rings. The van der Waals surface area contributed by atoms with Gasteiger partial charge < -0.3 is 28.4 Å². The maximum atomic E-state index is 10.6. The normalized spacial score (nSPS) is 11.7. The van der Waals surface area contributed by atoms with Crippen molar-refractivity contribution in [1.29, 1.82) is 0 Å². The molecule has 0 aliphatic rings. The van der Waals surface area contributed by atoms with Crippen LogP contribution in [0, 0.1) is 0 Å². The summed E-state index contributed by atoms with van der Waals surface area (Å²) >= 11 is 0. The summed E-state index contributed by atoms with van der Waals surface area (Å²) in [5.74, 6) is 3.22. The number of hydrogen-bond acceptors (Lipinski definition) is 7. The van der Waals surface area contributed by atoms with Gasteiger partial charge in [0.2, 0.25) is 11.5 Å². The topological polar surface area (TPSA) is 72.5 Å². The Morgan fingerprint density at radius 3 is 1.70 bits per heavy atom. The van der Waals surface area contributed by atoms with Gasteiger partial charge >= 0.3 is 0 Å². The van der Waals surface area contributed by atoms with Crippen LogP contribution in [0.3, 0.4) is 0 Å². The van der Waals surface area contributed by atoms with Crippen LogP contribution in [0.4, 0.5) is 0 Å². The molecule has 7 nitrogen and oxygen atoms in total. The number of carbonyl (C=O) groups is 1. The van der Waals surface area contributed by atoms with Gasteiger partial charge in [-0.15, -0.1) is 0 Å². The van der Waals surface area contributed by atoms with E-state index < -0.39 is 0 Å². The number of carbonyl (C=O) groups excluding carboxylic acids is 1. The highest BCUT2D eigenvalue weighted by Gasteiger charge is 2.19. The van der Waals surface area contributed by atoms with Gasteiger partial charge in [0.25, 0.3) is 0 Å². The summed E-state index contributed by atoms with van der Waals surface area (Å²) in [5, 5.41) is 0. The van der Waals surface area contributed by atoms with Gasteiger partial charge in [0, 0.05) is 6.42 Å². The summed E-state index contributed by atoms with van der Waals surface area (Å²) in [6.07, 6.45) is 4.15. The molecule has 0 spiro atoms. The Morgan fingerprint density at radius 1 is 0.767 bits per heavy atom. The third kappa shape index (κ3) is 5.37. The molecule has 0 bridgehead atoms. The zero-order valence-corrected chi connectivity index (χ0v) is 18.2. The van der Waals surface area contributed by atoms with Crippen molar-refractivity contribution in [2.45, 2.75) is 19.4 Å². The van der Waals surface area contributed by atoms with E-state index in [2.05, 4.69) is 0 Å². The number of hydrogen-bond donors (Lipinski definition) is 0. The van der Waals surface area contributed by atoms with Crippen LogP contribution in [-0.4, -0.2) is 47.9 Å². The molecule has 0 aliphatic heterocycles. The molecule has 2 rings (SSSR count). The highest BCUT2D eigenvalue weighted by atomic mass is 16.5. The number of rotatable bonds is 11. The van der Waals surface area contributed by atoms with Crippen LogP contribution in [0.15, 0.2) is 30.3 Å². The number of allylic oxidation sites excluding steroid dienone is 1. The highest BCUT2D eigenvalue weighted by molar-refractivity contribution is 5.75. The van der Waals surface area contributed by atoms with Gasteiger partial charge in [0.05, 0.1) is 35.5 Å². The van der Waals surface area contributed by atoms with Gasteiger partial charge in [-0.25, -0.2) is 0 Å². The molecule has 0 heterocycles. The Balaban J connectivity index is 2.31. The molecule has 1 atom stereocenters. The SMILES string of the molecule is COc1cc(CC(C)Oc2c(OC)cc(C=CC=O)cc2OC)cc(OC)c1OC. The molecule has 0 saturated heterocycles. The molecule has 0 radical (unpaired) electrons. The molecular formula is C23H28O7. The molecule has 7 heteroatoms. The average Bonchev–Trinajstić information content (AvgIpc) is 2.77. The fraction of sp³-hybridized carbons (Fsp3) is 0.348. The molecule has 0 amide bonds. The minimum absolute atomic E-state index is 0.216. The molecule has 2 aromatic carbocycles. The lowest BCUT2D eigenvalue weighted by Crippen LogP contribution is -2.16. The number of aldehydes is 1. The summed E-state index contributed by atoms with van der Waals surface area (Å²) < 4.78 is 33.3. The van der Waals surface area contributed by atoms with Crippen LogP contribution in [0.2, 0.25) is 0 Å². The lowest BCUT2D eigenvalue weighted by molar-refractivity contribution is -0.104. The Labute approximate surface area is 177 Å². The summed E-state index contributed by atoms with van der Waals surface area (Å²) in [6.45, 7) is 1.95. The zero-order chi connectivity index (χ0) is 22.1. The molecule has 30 heavy (non-hydrogen) atoms. The summed E-state index contributed by atoms with van der Waals surface area (Å²) in [7, 11) is 7.84. The van der Waals surface area contributed by atoms with Crippen molar-refractivity contribution < 1.29 is 33.2 Å². The Morgan fingerprint density at radius 2 is 1.27 bits per heavy atom. The monoisotopic (exact) mass is 416 g/mol. The van der Waals surface area contributed by atoms with Crippen LogP contribution in [0.25, 0.3) is 6.08 Å². The maximum absolute atomic E-state index is 10.6. The molecule has 2 aromatic rings. The molecule has 1 unspecified atom stereocenters. The van der Waals surface area contributed by atoms with Crippen molar-refractivity contribution in [3.05, 3.63) is 41.5 Å². The van der Waals surface area contributed by atoms with Crippen molar-refractivity contribution >= 4 is 12.4 Å². The third-order valence-corrected chi connectivity index (χ3v) is 4.42. The molecular weight excluding hydrogens is 388 g/mol. The van der Waals surface area contributed by atoms with Crippen molar-refractivity contribution in [2.75, 3.05) is 35.5 Å². The van der Waals surface area contributed by atoms with E-state index in [-0.39, 0.29) is 6.10 Å². The molecule has 0 aromatic heterocycles. The summed E-state index contributed by atoms with van der Waals surface area (Å²) in [6, 6.07) is 7.35. The first-order chi connectivity index (χ1) is 14.5. The van der Waals surface area contributed by atoms with E-state index in [1.165, 1.54) is 6.08 Å². The van der Waals surface area contributed by atoms with Gasteiger partial charge in [-0.1, -0.05) is 6.08 Å². The van der Waals surface area contributed by atoms with E-state index in [1.54, 1.807) is 53.8 Å². The minimum Gasteiger partial charge on any atom is -0.493 e. The molecule has 162 valence electrons. The number of ether oxygens (including phenoxy) is 6. The van der Waals surface area contributed by atoms with Crippen molar-refractivity contribution in [2.24, 2.45) is 0 Å². The minimum atomic E-state index is -0.216. The fourth-order valence-corrected chi connectivity index (χ4v) is 3.09. The van der Waals surface area contributed by atoms with Gasteiger partial charge in [-0.3, -0.25) is 4.79 Å². The van der Waals surface area contributed by atoms with E-state index in [0.717, 1.165) is 11.1 Å². The second-order valence-corrected chi connectivity index (χ2v) is 6.42.